The molecule has 0 fully saturated rings. The molecular formula is C26H28N6OS. The lowest BCUT2D eigenvalue weighted by atomic mass is 9.68. The molecule has 1 aliphatic rings. The van der Waals surface area contributed by atoms with Crippen molar-refractivity contribution < 1.29 is 4.74 Å². The highest BCUT2D eigenvalue weighted by Gasteiger charge is 2.37. The number of allylic oxidation sites excluding steroid dienone is 1. The monoisotopic (exact) mass is 472 g/mol. The number of H-pyrrole nitrogens is 1. The molecule has 7 nitrogen and oxygen atoms in total. The maximum absolute atomic E-state index is 5.40. The number of nitrogens with zero attached hydrogens (tertiary/aromatic N) is 5. The van der Waals surface area contributed by atoms with Gasteiger partial charge >= 0.3 is 0 Å². The van der Waals surface area contributed by atoms with Gasteiger partial charge in [0.15, 0.2) is 5.69 Å². The number of rotatable bonds is 6. The van der Waals surface area contributed by atoms with E-state index >= 15 is 0 Å². The standard InChI is InChI=1S/C26H28N6OS/c1-31(2)19-10-6-8-17(14-19)26(18-9-7-11-20(15-18)32(3)4)13-12-21-22(16-26)27-28-23(21)24-25(33-5)30-34-29-24/h6-15H,16H2,1-5H3,(H,27,28). The van der Waals surface area contributed by atoms with Gasteiger partial charge < -0.3 is 14.5 Å². The first-order valence-electron chi connectivity index (χ1n) is 11.1. The highest BCUT2D eigenvalue weighted by atomic mass is 32.1. The lowest BCUT2D eigenvalue weighted by molar-refractivity contribution is 0.403. The first-order chi connectivity index (χ1) is 16.4. The Morgan fingerprint density at radius 2 is 1.56 bits per heavy atom. The number of hydrogen-bond acceptors (Lipinski definition) is 7. The fraction of sp³-hybridized carbons (Fsp3) is 0.269. The Morgan fingerprint density at radius 1 is 0.912 bits per heavy atom. The molecule has 0 saturated heterocycles. The smallest absolute Gasteiger partial charge is 0.255 e. The molecule has 1 N–H and O–H groups in total. The SMILES string of the molecule is COc1nsnc1-c1n[nH]c2c1C=CC(c1cccc(N(C)C)c1)(c1cccc(N(C)C)c1)C2. The van der Waals surface area contributed by atoms with E-state index in [-0.39, 0.29) is 5.41 Å². The van der Waals surface area contributed by atoms with Crippen LogP contribution in [0.15, 0.2) is 54.6 Å². The van der Waals surface area contributed by atoms with Crippen LogP contribution in [0.3, 0.4) is 0 Å². The molecule has 0 unspecified atom stereocenters. The summed E-state index contributed by atoms with van der Waals surface area (Å²) in [5, 5.41) is 7.92. The predicted molar refractivity (Wildman–Crippen MR) is 139 cm³/mol. The van der Waals surface area contributed by atoms with E-state index in [2.05, 4.69) is 118 Å². The summed E-state index contributed by atoms with van der Waals surface area (Å²) >= 11 is 1.13. The van der Waals surface area contributed by atoms with Crippen LogP contribution in [0.4, 0.5) is 11.4 Å². The first-order valence-corrected chi connectivity index (χ1v) is 11.8. The zero-order chi connectivity index (χ0) is 23.9. The zero-order valence-corrected chi connectivity index (χ0v) is 20.8. The average molecular weight is 473 g/mol. The van der Waals surface area contributed by atoms with E-state index in [1.807, 2.05) is 0 Å². The Bertz CT molecular complexity index is 1300. The number of aromatic amines is 1. The van der Waals surface area contributed by atoms with Crippen LogP contribution in [-0.2, 0) is 11.8 Å². The van der Waals surface area contributed by atoms with Crippen LogP contribution in [0.2, 0.25) is 0 Å². The van der Waals surface area contributed by atoms with Crippen molar-refractivity contribution in [1.82, 2.24) is 18.9 Å². The summed E-state index contributed by atoms with van der Waals surface area (Å²) in [6, 6.07) is 17.5. The van der Waals surface area contributed by atoms with Crippen molar-refractivity contribution in [1.29, 1.82) is 0 Å². The summed E-state index contributed by atoms with van der Waals surface area (Å²) in [5.41, 5.74) is 8.01. The van der Waals surface area contributed by atoms with E-state index in [0.29, 0.717) is 11.6 Å². The van der Waals surface area contributed by atoms with E-state index in [4.69, 9.17) is 4.74 Å². The van der Waals surface area contributed by atoms with Crippen molar-refractivity contribution in [2.24, 2.45) is 0 Å². The van der Waals surface area contributed by atoms with Gasteiger partial charge in [-0.05, 0) is 35.4 Å². The van der Waals surface area contributed by atoms with Gasteiger partial charge in [-0.2, -0.15) is 9.47 Å². The largest absolute Gasteiger partial charge is 0.479 e. The molecule has 0 saturated carbocycles. The maximum Gasteiger partial charge on any atom is 0.255 e. The summed E-state index contributed by atoms with van der Waals surface area (Å²) < 4.78 is 14.1. The number of nitrogens with one attached hydrogen (secondary N) is 1. The Labute approximate surface area is 204 Å². The maximum atomic E-state index is 5.40. The van der Waals surface area contributed by atoms with Crippen LogP contribution < -0.4 is 14.5 Å². The average Bonchev–Trinajstić information content (AvgIpc) is 3.50. The summed E-state index contributed by atoms with van der Waals surface area (Å²) in [6.45, 7) is 0. The zero-order valence-electron chi connectivity index (χ0n) is 20.0. The van der Waals surface area contributed by atoms with Crippen molar-refractivity contribution in [2.75, 3.05) is 45.1 Å². The predicted octanol–water partition coefficient (Wildman–Crippen LogP) is 4.62. The third-order valence-electron chi connectivity index (χ3n) is 6.50. The quantitative estimate of drug-likeness (QED) is 0.441. The van der Waals surface area contributed by atoms with Crippen LogP contribution in [0.5, 0.6) is 5.88 Å². The van der Waals surface area contributed by atoms with Crippen LogP contribution in [0.25, 0.3) is 17.5 Å². The topological polar surface area (TPSA) is 70.2 Å². The molecule has 0 spiro atoms. The molecule has 2 heterocycles. The van der Waals surface area contributed by atoms with Crippen LogP contribution in [0, 0.1) is 0 Å². The molecule has 0 amide bonds. The molecule has 2 aromatic carbocycles. The third kappa shape index (κ3) is 3.64. The molecule has 34 heavy (non-hydrogen) atoms. The summed E-state index contributed by atoms with van der Waals surface area (Å²) in [5.74, 6) is 0.502. The number of aromatic nitrogens is 4. The Morgan fingerprint density at radius 3 is 2.15 bits per heavy atom. The summed E-state index contributed by atoms with van der Waals surface area (Å²) in [7, 11) is 9.90. The van der Waals surface area contributed by atoms with Gasteiger partial charge in [-0.25, -0.2) is 0 Å². The minimum atomic E-state index is -0.348. The number of methoxy groups -OCH3 is 1. The van der Waals surface area contributed by atoms with Gasteiger partial charge in [-0.1, -0.05) is 36.4 Å². The molecule has 8 heteroatoms. The van der Waals surface area contributed by atoms with Crippen molar-refractivity contribution in [3.05, 3.63) is 77.0 Å². The molecule has 0 radical (unpaired) electrons. The van der Waals surface area contributed by atoms with Crippen molar-refractivity contribution in [2.45, 2.75) is 11.8 Å². The Balaban J connectivity index is 1.68. The van der Waals surface area contributed by atoms with Gasteiger partial charge in [-0.15, -0.1) is 4.37 Å². The fourth-order valence-electron chi connectivity index (χ4n) is 4.59. The molecular weight excluding hydrogens is 444 g/mol. The molecule has 4 aromatic rings. The van der Waals surface area contributed by atoms with Crippen molar-refractivity contribution in [3.8, 4) is 17.3 Å². The van der Waals surface area contributed by atoms with Crippen molar-refractivity contribution >= 4 is 29.2 Å². The number of ether oxygens (including phenoxy) is 1. The minimum absolute atomic E-state index is 0.348. The number of hydrogen-bond donors (Lipinski definition) is 1. The second kappa shape index (κ2) is 8.61. The van der Waals surface area contributed by atoms with Crippen LogP contribution in [-0.4, -0.2) is 54.2 Å². The number of fused-ring (bicyclic) bond motifs is 1. The molecule has 1 aliphatic carbocycles. The molecule has 174 valence electrons. The first kappa shape index (κ1) is 22.2. The molecule has 0 aliphatic heterocycles. The Kier molecular flexibility index (Phi) is 5.61. The van der Waals surface area contributed by atoms with Gasteiger partial charge in [-0.3, -0.25) is 5.10 Å². The van der Waals surface area contributed by atoms with E-state index < -0.39 is 0 Å². The van der Waals surface area contributed by atoms with Gasteiger partial charge in [0.25, 0.3) is 5.88 Å². The number of anilines is 2. The van der Waals surface area contributed by atoms with Gasteiger partial charge in [0.1, 0.15) is 5.69 Å². The second-order valence-corrected chi connectivity index (χ2v) is 9.49. The normalized spacial score (nSPS) is 14.0. The van der Waals surface area contributed by atoms with Gasteiger partial charge in [0.05, 0.1) is 18.8 Å². The third-order valence-corrected chi connectivity index (χ3v) is 7.02. The van der Waals surface area contributed by atoms with E-state index in [9.17, 15) is 0 Å². The fourth-order valence-corrected chi connectivity index (χ4v) is 5.11. The van der Waals surface area contributed by atoms with E-state index in [1.165, 1.54) is 22.5 Å². The molecule has 2 aromatic heterocycles. The highest BCUT2D eigenvalue weighted by Crippen LogP contribution is 2.45. The van der Waals surface area contributed by atoms with Crippen molar-refractivity contribution in [3.63, 3.8) is 0 Å². The van der Waals surface area contributed by atoms with Crippen LogP contribution >= 0.6 is 11.7 Å². The highest BCUT2D eigenvalue weighted by molar-refractivity contribution is 6.99. The van der Waals surface area contributed by atoms with E-state index in [1.54, 1.807) is 7.11 Å². The second-order valence-electron chi connectivity index (χ2n) is 8.96. The summed E-state index contributed by atoms with van der Waals surface area (Å²) in [4.78, 5) is 4.28. The molecule has 5 rings (SSSR count). The minimum Gasteiger partial charge on any atom is -0.479 e. The Hall–Kier alpha value is -3.65. The van der Waals surface area contributed by atoms with Gasteiger partial charge in [0, 0.05) is 62.7 Å². The molecule has 0 bridgehead atoms. The molecule has 0 atom stereocenters. The number of benzene rings is 2. The lowest BCUT2D eigenvalue weighted by Gasteiger charge is -2.35. The van der Waals surface area contributed by atoms with E-state index in [0.717, 1.165) is 35.1 Å². The summed E-state index contributed by atoms with van der Waals surface area (Å²) in [6.07, 6.45) is 5.23. The lowest BCUT2D eigenvalue weighted by Crippen LogP contribution is -2.31. The van der Waals surface area contributed by atoms with Gasteiger partial charge in [0.2, 0.25) is 0 Å². The van der Waals surface area contributed by atoms with Crippen LogP contribution in [0.1, 0.15) is 22.4 Å².